The normalized spacial score (nSPS) is 10.1. The van der Waals surface area contributed by atoms with Crippen molar-refractivity contribution in [2.24, 2.45) is 0 Å². The molecule has 1 aromatic heterocycles. The Bertz CT molecular complexity index is 270. The summed E-state index contributed by atoms with van der Waals surface area (Å²) < 4.78 is 0.764. The molecule has 2 nitrogen and oxygen atoms in total. The van der Waals surface area contributed by atoms with E-state index in [-0.39, 0.29) is 6.42 Å². The minimum absolute atomic E-state index is 0.230. The van der Waals surface area contributed by atoms with E-state index in [1.807, 2.05) is 11.4 Å². The molecule has 1 aromatic rings. The number of thiophene rings is 1. The van der Waals surface area contributed by atoms with Crippen LogP contribution in [0.15, 0.2) is 11.4 Å². The average Bonchev–Trinajstić information content (AvgIpc) is 2.35. The van der Waals surface area contributed by atoms with Crippen LogP contribution in [0.5, 0.6) is 0 Å². The van der Waals surface area contributed by atoms with Gasteiger partial charge in [0.1, 0.15) is 0 Å². The van der Waals surface area contributed by atoms with Crippen LogP contribution in [-0.2, 0) is 11.2 Å². The van der Waals surface area contributed by atoms with E-state index in [4.69, 9.17) is 16.7 Å². The van der Waals surface area contributed by atoms with Crippen LogP contribution in [0.2, 0.25) is 4.34 Å². The van der Waals surface area contributed by atoms with Crippen LogP contribution in [0.4, 0.5) is 0 Å². The largest absolute Gasteiger partial charge is 0.481 e. The van der Waals surface area contributed by atoms with E-state index in [1.165, 1.54) is 11.3 Å². The Morgan fingerprint density at radius 2 is 2.42 bits per heavy atom. The summed E-state index contributed by atoms with van der Waals surface area (Å²) in [7, 11) is 0. The fourth-order valence-corrected chi connectivity index (χ4v) is 1.86. The lowest BCUT2D eigenvalue weighted by molar-refractivity contribution is -0.137. The van der Waals surface area contributed by atoms with Crippen LogP contribution >= 0.6 is 22.9 Å². The highest BCUT2D eigenvalue weighted by Crippen LogP contribution is 2.21. The van der Waals surface area contributed by atoms with Crippen molar-refractivity contribution in [2.45, 2.75) is 19.3 Å². The van der Waals surface area contributed by atoms with Gasteiger partial charge in [0.2, 0.25) is 0 Å². The predicted molar refractivity (Wildman–Crippen MR) is 49.9 cm³/mol. The van der Waals surface area contributed by atoms with Gasteiger partial charge in [-0.3, -0.25) is 4.79 Å². The van der Waals surface area contributed by atoms with Crippen molar-refractivity contribution in [3.8, 4) is 0 Å². The van der Waals surface area contributed by atoms with Crippen LogP contribution in [0.3, 0.4) is 0 Å². The number of carboxylic acid groups (broad SMARTS) is 1. The molecule has 0 radical (unpaired) electrons. The third kappa shape index (κ3) is 3.24. The number of hydrogen-bond acceptors (Lipinski definition) is 2. The molecular weight excluding hydrogens is 196 g/mol. The Hall–Kier alpha value is -0.540. The molecular formula is C8H9ClO2S. The van der Waals surface area contributed by atoms with Crippen molar-refractivity contribution in [1.29, 1.82) is 0 Å². The van der Waals surface area contributed by atoms with Crippen LogP contribution in [-0.4, -0.2) is 11.1 Å². The molecule has 0 unspecified atom stereocenters. The smallest absolute Gasteiger partial charge is 0.303 e. The van der Waals surface area contributed by atoms with Crippen LogP contribution in [0, 0.1) is 0 Å². The second kappa shape index (κ2) is 4.48. The van der Waals surface area contributed by atoms with E-state index in [1.54, 1.807) is 0 Å². The van der Waals surface area contributed by atoms with Gasteiger partial charge in [-0.2, -0.15) is 0 Å². The summed E-state index contributed by atoms with van der Waals surface area (Å²) >= 11 is 7.19. The Labute approximate surface area is 79.8 Å². The number of aliphatic carboxylic acids is 1. The number of carboxylic acids is 1. The summed E-state index contributed by atoms with van der Waals surface area (Å²) in [6.07, 6.45) is 1.71. The molecule has 0 spiro atoms. The molecule has 0 atom stereocenters. The van der Waals surface area contributed by atoms with Crippen molar-refractivity contribution in [3.05, 3.63) is 21.3 Å². The zero-order valence-electron chi connectivity index (χ0n) is 6.42. The highest BCUT2D eigenvalue weighted by atomic mass is 35.5. The number of hydrogen-bond donors (Lipinski definition) is 1. The molecule has 0 aliphatic rings. The van der Waals surface area contributed by atoms with Crippen molar-refractivity contribution < 1.29 is 9.90 Å². The molecule has 12 heavy (non-hydrogen) atoms. The van der Waals surface area contributed by atoms with Gasteiger partial charge in [-0.15, -0.1) is 11.3 Å². The van der Waals surface area contributed by atoms with E-state index in [0.29, 0.717) is 6.42 Å². The van der Waals surface area contributed by atoms with E-state index in [9.17, 15) is 4.79 Å². The Morgan fingerprint density at radius 3 is 2.92 bits per heavy atom. The molecule has 0 aromatic carbocycles. The minimum Gasteiger partial charge on any atom is -0.481 e. The first-order chi connectivity index (χ1) is 5.68. The zero-order valence-corrected chi connectivity index (χ0v) is 7.99. The molecule has 0 fully saturated rings. The molecule has 0 bridgehead atoms. The lowest BCUT2D eigenvalue weighted by atomic mass is 10.1. The number of rotatable bonds is 4. The monoisotopic (exact) mass is 204 g/mol. The molecule has 0 saturated heterocycles. The molecule has 1 N–H and O–H groups in total. The van der Waals surface area contributed by atoms with Gasteiger partial charge in [-0.05, 0) is 29.9 Å². The average molecular weight is 205 g/mol. The van der Waals surface area contributed by atoms with Crippen molar-refractivity contribution in [3.63, 3.8) is 0 Å². The Balaban J connectivity index is 2.29. The quantitative estimate of drug-likeness (QED) is 0.819. The predicted octanol–water partition coefficient (Wildman–Crippen LogP) is 2.81. The first kappa shape index (κ1) is 9.55. The summed E-state index contributed by atoms with van der Waals surface area (Å²) in [6, 6.07) is 1.88. The van der Waals surface area contributed by atoms with Gasteiger partial charge < -0.3 is 5.11 Å². The van der Waals surface area contributed by atoms with Crippen LogP contribution < -0.4 is 0 Å². The Morgan fingerprint density at radius 1 is 1.67 bits per heavy atom. The number of halogens is 1. The topological polar surface area (TPSA) is 37.3 Å². The van der Waals surface area contributed by atoms with Crippen molar-refractivity contribution >= 4 is 28.9 Å². The fourth-order valence-electron chi connectivity index (χ4n) is 0.921. The van der Waals surface area contributed by atoms with Gasteiger partial charge in [0.15, 0.2) is 0 Å². The van der Waals surface area contributed by atoms with E-state index in [2.05, 4.69) is 0 Å². The molecule has 0 amide bonds. The molecule has 0 aliphatic carbocycles. The third-order valence-corrected chi connectivity index (χ3v) is 2.62. The van der Waals surface area contributed by atoms with E-state index < -0.39 is 5.97 Å². The highest BCUT2D eigenvalue weighted by molar-refractivity contribution is 7.14. The van der Waals surface area contributed by atoms with E-state index in [0.717, 1.165) is 16.3 Å². The van der Waals surface area contributed by atoms with Gasteiger partial charge >= 0.3 is 5.97 Å². The zero-order chi connectivity index (χ0) is 8.97. The van der Waals surface area contributed by atoms with Gasteiger partial charge in [-0.1, -0.05) is 11.6 Å². The van der Waals surface area contributed by atoms with Gasteiger partial charge in [-0.25, -0.2) is 0 Å². The summed E-state index contributed by atoms with van der Waals surface area (Å²) in [4.78, 5) is 10.2. The lowest BCUT2D eigenvalue weighted by Gasteiger charge is -1.93. The van der Waals surface area contributed by atoms with Crippen molar-refractivity contribution in [1.82, 2.24) is 0 Å². The molecule has 1 heterocycles. The molecule has 0 aliphatic heterocycles. The third-order valence-electron chi connectivity index (χ3n) is 1.48. The first-order valence-corrected chi connectivity index (χ1v) is 4.89. The lowest BCUT2D eigenvalue weighted by Crippen LogP contribution is -1.94. The molecule has 4 heteroatoms. The second-order valence-corrected chi connectivity index (χ2v) is 4.05. The summed E-state index contributed by atoms with van der Waals surface area (Å²) in [5.41, 5.74) is 1.13. The van der Waals surface area contributed by atoms with Gasteiger partial charge in [0.05, 0.1) is 4.34 Å². The van der Waals surface area contributed by atoms with E-state index >= 15 is 0 Å². The number of aryl methyl sites for hydroxylation is 1. The first-order valence-electron chi connectivity index (χ1n) is 3.63. The van der Waals surface area contributed by atoms with Crippen LogP contribution in [0.1, 0.15) is 18.4 Å². The SMILES string of the molecule is O=C(O)CCCc1csc(Cl)c1. The van der Waals surface area contributed by atoms with Gasteiger partial charge in [0, 0.05) is 6.42 Å². The van der Waals surface area contributed by atoms with Crippen molar-refractivity contribution in [2.75, 3.05) is 0 Å². The maximum absolute atomic E-state index is 10.2. The summed E-state index contributed by atoms with van der Waals surface area (Å²) in [6.45, 7) is 0. The van der Waals surface area contributed by atoms with Crippen LogP contribution in [0.25, 0.3) is 0 Å². The summed E-state index contributed by atoms with van der Waals surface area (Å²) in [5, 5.41) is 10.3. The highest BCUT2D eigenvalue weighted by Gasteiger charge is 2.00. The molecule has 66 valence electrons. The maximum Gasteiger partial charge on any atom is 0.303 e. The standard InChI is InChI=1S/C8H9ClO2S/c9-7-4-6(5-12-7)2-1-3-8(10)11/h4-5H,1-3H2,(H,10,11). The Kier molecular flexibility index (Phi) is 3.56. The number of carbonyl (C=O) groups is 1. The maximum atomic E-state index is 10.2. The molecule has 0 saturated carbocycles. The fraction of sp³-hybridized carbons (Fsp3) is 0.375. The molecule has 1 rings (SSSR count). The minimum atomic E-state index is -0.740. The second-order valence-electron chi connectivity index (χ2n) is 2.51. The van der Waals surface area contributed by atoms with Gasteiger partial charge in [0.25, 0.3) is 0 Å². The summed E-state index contributed by atoms with van der Waals surface area (Å²) in [5.74, 6) is -0.740.